The number of nitrogens with one attached hydrogen (secondary N) is 1. The molecule has 0 spiro atoms. The maximum Gasteiger partial charge on any atom is 0.256 e. The average Bonchev–Trinajstić information content (AvgIpc) is 3.45. The predicted molar refractivity (Wildman–Crippen MR) is 132 cm³/mol. The number of methoxy groups -OCH3 is 3. The van der Waals surface area contributed by atoms with Crippen LogP contribution < -0.4 is 19.5 Å². The Hall–Kier alpha value is -3.37. The molecule has 1 aromatic heterocycles. The Balaban J connectivity index is 1.52. The number of benzene rings is 2. The van der Waals surface area contributed by atoms with E-state index in [0.29, 0.717) is 51.9 Å². The third kappa shape index (κ3) is 4.78. The fourth-order valence-corrected chi connectivity index (χ4v) is 5.70. The van der Waals surface area contributed by atoms with Crippen molar-refractivity contribution in [2.75, 3.05) is 32.4 Å². The summed E-state index contributed by atoms with van der Waals surface area (Å²) in [6.07, 6.45) is 4.24. The Kier molecular flexibility index (Phi) is 6.90. The van der Waals surface area contributed by atoms with Crippen LogP contribution in [0, 0.1) is 0 Å². The molecular formula is C24H24N2O6S2. The van der Waals surface area contributed by atoms with Crippen molar-refractivity contribution in [3.05, 3.63) is 58.0 Å². The van der Waals surface area contributed by atoms with Crippen LogP contribution in [-0.2, 0) is 21.1 Å². The topological polar surface area (TPSA) is 104 Å². The van der Waals surface area contributed by atoms with Gasteiger partial charge in [-0.3, -0.25) is 4.79 Å². The molecule has 2 aromatic carbocycles. The number of amides is 1. The molecule has 0 fully saturated rings. The Morgan fingerprint density at radius 2 is 1.79 bits per heavy atom. The van der Waals surface area contributed by atoms with Gasteiger partial charge in [0.05, 0.1) is 37.6 Å². The van der Waals surface area contributed by atoms with E-state index in [1.165, 1.54) is 38.7 Å². The molecule has 1 aliphatic heterocycles. The van der Waals surface area contributed by atoms with E-state index < -0.39 is 9.84 Å². The summed E-state index contributed by atoms with van der Waals surface area (Å²) in [5.74, 6) is 1.21. The van der Waals surface area contributed by atoms with Gasteiger partial charge in [-0.15, -0.1) is 11.3 Å². The van der Waals surface area contributed by atoms with Crippen molar-refractivity contribution in [1.82, 2.24) is 4.98 Å². The van der Waals surface area contributed by atoms with E-state index in [9.17, 15) is 13.2 Å². The Labute approximate surface area is 202 Å². The van der Waals surface area contributed by atoms with Gasteiger partial charge in [0.25, 0.3) is 5.91 Å². The second kappa shape index (κ2) is 9.86. The lowest BCUT2D eigenvalue weighted by Gasteiger charge is -2.14. The minimum Gasteiger partial charge on any atom is -0.493 e. The zero-order valence-electron chi connectivity index (χ0n) is 19.0. The lowest BCUT2D eigenvalue weighted by Crippen LogP contribution is -2.08. The van der Waals surface area contributed by atoms with Crippen molar-refractivity contribution in [2.45, 2.75) is 17.7 Å². The van der Waals surface area contributed by atoms with Crippen LogP contribution in [0.2, 0.25) is 0 Å². The lowest BCUT2D eigenvalue weighted by atomic mass is 10.1. The van der Waals surface area contributed by atoms with Gasteiger partial charge < -0.3 is 19.5 Å². The average molecular weight is 501 g/mol. The first-order valence-corrected chi connectivity index (χ1v) is 13.0. The minimum absolute atomic E-state index is 0.0463. The number of nitrogens with zero attached hydrogens (tertiary/aromatic N) is 1. The van der Waals surface area contributed by atoms with E-state index in [0.717, 1.165) is 5.56 Å². The van der Waals surface area contributed by atoms with Gasteiger partial charge in [0, 0.05) is 22.8 Å². The molecule has 1 aliphatic rings. The van der Waals surface area contributed by atoms with Crippen LogP contribution in [0.5, 0.6) is 17.2 Å². The predicted octanol–water partition coefficient (Wildman–Crippen LogP) is 4.07. The zero-order chi connectivity index (χ0) is 24.3. The number of aromatic nitrogens is 1. The molecule has 0 aliphatic carbocycles. The molecule has 0 saturated heterocycles. The van der Waals surface area contributed by atoms with E-state index in [4.69, 9.17) is 14.2 Å². The van der Waals surface area contributed by atoms with Crippen LogP contribution in [0.3, 0.4) is 0 Å². The highest BCUT2D eigenvalue weighted by Crippen LogP contribution is 2.39. The van der Waals surface area contributed by atoms with Gasteiger partial charge in [-0.1, -0.05) is 0 Å². The van der Waals surface area contributed by atoms with E-state index in [1.807, 2.05) is 17.5 Å². The number of rotatable bonds is 9. The largest absolute Gasteiger partial charge is 0.493 e. The van der Waals surface area contributed by atoms with Crippen molar-refractivity contribution in [2.24, 2.45) is 0 Å². The third-order valence-electron chi connectivity index (χ3n) is 5.46. The quantitative estimate of drug-likeness (QED) is 0.442. The molecule has 34 heavy (non-hydrogen) atoms. The van der Waals surface area contributed by atoms with Gasteiger partial charge in [-0.25, -0.2) is 13.4 Å². The van der Waals surface area contributed by atoms with Crippen LogP contribution in [0.15, 0.2) is 46.8 Å². The lowest BCUT2D eigenvalue weighted by molar-refractivity contribution is -0.110. The SMILES string of the molecule is COc1cc(CCCS(=O)(=O)c2ccc3c(c2)/C(=C\c2nccs2)C(=O)N3)cc(OC)c1OC. The number of thiazole rings is 1. The van der Waals surface area contributed by atoms with Crippen LogP contribution in [0.25, 0.3) is 11.6 Å². The monoisotopic (exact) mass is 500 g/mol. The summed E-state index contributed by atoms with van der Waals surface area (Å²) < 4.78 is 42.2. The standard InChI is InChI=1S/C24H24N2O6S2/c1-30-20-11-15(12-21(31-2)23(20)32-3)5-4-10-34(28,29)16-6-7-19-17(13-16)18(24(27)26-19)14-22-25-8-9-33-22/h6-9,11-14H,4-5,10H2,1-3H3,(H,26,27)/b18-14+. The summed E-state index contributed by atoms with van der Waals surface area (Å²) in [5, 5.41) is 5.27. The summed E-state index contributed by atoms with van der Waals surface area (Å²) in [5.41, 5.74) is 2.43. The maximum atomic E-state index is 13.1. The summed E-state index contributed by atoms with van der Waals surface area (Å²) in [7, 11) is 1.04. The van der Waals surface area contributed by atoms with Gasteiger partial charge in [-0.05, 0) is 54.8 Å². The summed E-state index contributed by atoms with van der Waals surface area (Å²) >= 11 is 1.40. The molecule has 8 nitrogen and oxygen atoms in total. The fraction of sp³-hybridized carbons (Fsp3) is 0.250. The molecule has 0 saturated carbocycles. The van der Waals surface area contributed by atoms with E-state index in [1.54, 1.807) is 24.4 Å². The molecule has 0 atom stereocenters. The molecule has 2 heterocycles. The molecule has 4 rings (SSSR count). The van der Waals surface area contributed by atoms with Crippen LogP contribution in [0.1, 0.15) is 22.6 Å². The summed E-state index contributed by atoms with van der Waals surface area (Å²) in [6, 6.07) is 8.34. The van der Waals surface area contributed by atoms with Crippen molar-refractivity contribution < 1.29 is 27.4 Å². The number of hydrogen-bond donors (Lipinski definition) is 1. The van der Waals surface area contributed by atoms with Crippen molar-refractivity contribution >= 4 is 44.4 Å². The normalized spacial score (nSPS) is 14.1. The molecule has 3 aromatic rings. The first-order valence-electron chi connectivity index (χ1n) is 10.4. The van der Waals surface area contributed by atoms with E-state index >= 15 is 0 Å². The highest BCUT2D eigenvalue weighted by Gasteiger charge is 2.27. The minimum atomic E-state index is -3.57. The molecule has 1 amide bonds. The number of ether oxygens (including phenoxy) is 3. The maximum absolute atomic E-state index is 13.1. The first kappa shape index (κ1) is 23.8. The molecule has 0 unspecified atom stereocenters. The highest BCUT2D eigenvalue weighted by atomic mass is 32.2. The summed E-state index contributed by atoms with van der Waals surface area (Å²) in [6.45, 7) is 0. The number of carbonyl (C=O) groups is 1. The van der Waals surface area contributed by atoms with Crippen LogP contribution in [0.4, 0.5) is 5.69 Å². The molecule has 1 N–H and O–H groups in total. The second-order valence-electron chi connectivity index (χ2n) is 7.55. The molecule has 178 valence electrons. The van der Waals surface area contributed by atoms with Crippen LogP contribution >= 0.6 is 11.3 Å². The van der Waals surface area contributed by atoms with E-state index in [-0.39, 0.29) is 16.6 Å². The smallest absolute Gasteiger partial charge is 0.256 e. The second-order valence-corrected chi connectivity index (χ2v) is 10.6. The van der Waals surface area contributed by atoms with Crippen LogP contribution in [-0.4, -0.2) is 46.4 Å². The van der Waals surface area contributed by atoms with Crippen molar-refractivity contribution in [1.29, 1.82) is 0 Å². The fourth-order valence-electron chi connectivity index (χ4n) is 3.80. The number of anilines is 1. The van der Waals surface area contributed by atoms with Gasteiger partial charge in [0.2, 0.25) is 5.75 Å². The van der Waals surface area contributed by atoms with E-state index in [2.05, 4.69) is 10.3 Å². The molecule has 10 heteroatoms. The van der Waals surface area contributed by atoms with Crippen molar-refractivity contribution in [3.8, 4) is 17.2 Å². The van der Waals surface area contributed by atoms with Gasteiger partial charge >= 0.3 is 0 Å². The van der Waals surface area contributed by atoms with Crippen molar-refractivity contribution in [3.63, 3.8) is 0 Å². The zero-order valence-corrected chi connectivity index (χ0v) is 20.6. The number of fused-ring (bicyclic) bond motifs is 1. The Morgan fingerprint density at radius 3 is 2.41 bits per heavy atom. The molecule has 0 radical (unpaired) electrons. The Morgan fingerprint density at radius 1 is 1.06 bits per heavy atom. The van der Waals surface area contributed by atoms with Gasteiger partial charge in [-0.2, -0.15) is 0 Å². The van der Waals surface area contributed by atoms with Gasteiger partial charge in [0.15, 0.2) is 21.3 Å². The molecular weight excluding hydrogens is 476 g/mol. The number of sulfone groups is 1. The van der Waals surface area contributed by atoms with Gasteiger partial charge in [0.1, 0.15) is 5.01 Å². The number of carbonyl (C=O) groups excluding carboxylic acids is 1. The molecule has 0 bridgehead atoms. The number of hydrogen-bond acceptors (Lipinski definition) is 8. The summed E-state index contributed by atoms with van der Waals surface area (Å²) in [4.78, 5) is 16.8. The first-order chi connectivity index (χ1) is 16.4. The third-order valence-corrected chi connectivity index (χ3v) is 7.98. The highest BCUT2D eigenvalue weighted by molar-refractivity contribution is 7.91. The number of aryl methyl sites for hydroxylation is 1. The Bertz CT molecular complexity index is 1320.